The lowest BCUT2D eigenvalue weighted by atomic mass is 10.1. The first-order valence-corrected chi connectivity index (χ1v) is 9.57. The van der Waals surface area contributed by atoms with Gasteiger partial charge in [0.25, 0.3) is 0 Å². The van der Waals surface area contributed by atoms with Crippen LogP contribution in [-0.2, 0) is 4.74 Å². The zero-order valence-corrected chi connectivity index (χ0v) is 15.9. The van der Waals surface area contributed by atoms with E-state index < -0.39 is 18.4 Å². The van der Waals surface area contributed by atoms with Gasteiger partial charge in [0.1, 0.15) is 18.7 Å². The smallest absolute Gasteiger partial charge is 0.190 e. The highest BCUT2D eigenvalue weighted by Crippen LogP contribution is 2.32. The van der Waals surface area contributed by atoms with Crippen molar-refractivity contribution in [1.29, 1.82) is 0 Å². The quantitative estimate of drug-likeness (QED) is 0.437. The Hall–Kier alpha value is -3.51. The molecule has 0 radical (unpaired) electrons. The number of rotatable bonds is 2. The third-order valence-electron chi connectivity index (χ3n) is 5.25. The maximum Gasteiger partial charge on any atom is 0.190 e. The topological polar surface area (TPSA) is 119 Å². The van der Waals surface area contributed by atoms with E-state index in [1.54, 1.807) is 4.57 Å². The summed E-state index contributed by atoms with van der Waals surface area (Å²) in [4.78, 5) is 12.8. The maximum atomic E-state index is 10.2. The Morgan fingerprint density at radius 1 is 1.13 bits per heavy atom. The van der Waals surface area contributed by atoms with Gasteiger partial charge in [-0.1, -0.05) is 36.3 Å². The van der Waals surface area contributed by atoms with Crippen LogP contribution < -0.4 is 5.73 Å². The summed E-state index contributed by atoms with van der Waals surface area (Å²) >= 11 is 0. The number of imidazole rings is 1. The average molecular weight is 401 g/mol. The molecule has 0 aliphatic carbocycles. The number of ether oxygens (including phenoxy) is 1. The zero-order valence-electron chi connectivity index (χ0n) is 15.9. The summed E-state index contributed by atoms with van der Waals surface area (Å²) in [6.45, 7) is -0.278. The molecule has 0 saturated carbocycles. The average Bonchev–Trinajstić information content (AvgIpc) is 3.32. The summed E-state index contributed by atoms with van der Waals surface area (Å²) in [6, 6.07) is 14.1. The van der Waals surface area contributed by atoms with Crippen molar-refractivity contribution in [1.82, 2.24) is 19.5 Å². The van der Waals surface area contributed by atoms with Crippen molar-refractivity contribution < 1.29 is 14.9 Å². The number of nitrogens with two attached hydrogens (primary N) is 1. The summed E-state index contributed by atoms with van der Waals surface area (Å²) in [5.74, 6) is 6.88. The van der Waals surface area contributed by atoms with Crippen LogP contribution in [0.25, 0.3) is 21.9 Å². The van der Waals surface area contributed by atoms with Crippen LogP contribution in [0.2, 0.25) is 0 Å². The first-order chi connectivity index (χ1) is 14.6. The van der Waals surface area contributed by atoms with Gasteiger partial charge in [-0.05, 0) is 28.8 Å². The van der Waals surface area contributed by atoms with Crippen molar-refractivity contribution in [3.63, 3.8) is 0 Å². The number of benzene rings is 2. The largest absolute Gasteiger partial charge is 0.394 e. The van der Waals surface area contributed by atoms with E-state index in [0.717, 1.165) is 16.3 Å². The molecule has 1 fully saturated rings. The lowest BCUT2D eigenvalue weighted by molar-refractivity contribution is -0.0434. The molecule has 0 bridgehead atoms. The molecule has 4 N–H and O–H groups in total. The number of aliphatic hydroxyl groups excluding tert-OH is 2. The highest BCUT2D eigenvalue weighted by atomic mass is 16.5. The van der Waals surface area contributed by atoms with Crippen molar-refractivity contribution in [3.05, 3.63) is 60.2 Å². The number of aliphatic hydroxyl groups is 2. The van der Waals surface area contributed by atoms with Crippen molar-refractivity contribution in [2.75, 3.05) is 12.3 Å². The second-order valence-corrected chi connectivity index (χ2v) is 7.16. The molecule has 1 aliphatic heterocycles. The molecule has 8 nitrogen and oxygen atoms in total. The molecular weight excluding hydrogens is 382 g/mol. The maximum absolute atomic E-state index is 10.2. The van der Waals surface area contributed by atoms with Crippen molar-refractivity contribution >= 4 is 27.8 Å². The monoisotopic (exact) mass is 401 g/mol. The molecule has 150 valence electrons. The fourth-order valence-electron chi connectivity index (χ4n) is 3.72. The number of hydrogen-bond donors (Lipinski definition) is 3. The minimum atomic E-state index is -0.794. The van der Waals surface area contributed by atoms with Crippen LogP contribution >= 0.6 is 0 Å². The van der Waals surface area contributed by atoms with Crippen molar-refractivity contribution in [2.24, 2.45) is 0 Å². The number of hydrogen-bond acceptors (Lipinski definition) is 7. The van der Waals surface area contributed by atoms with Gasteiger partial charge in [-0.25, -0.2) is 15.0 Å². The zero-order chi connectivity index (χ0) is 20.7. The summed E-state index contributed by atoms with van der Waals surface area (Å²) in [5, 5.41) is 21.8. The molecule has 5 rings (SSSR count). The molecule has 0 unspecified atom stereocenters. The van der Waals surface area contributed by atoms with Gasteiger partial charge in [-0.3, -0.25) is 4.57 Å². The van der Waals surface area contributed by atoms with E-state index >= 15 is 0 Å². The molecule has 2 aromatic heterocycles. The van der Waals surface area contributed by atoms with E-state index in [-0.39, 0.29) is 18.8 Å². The van der Waals surface area contributed by atoms with Crippen molar-refractivity contribution in [3.8, 4) is 11.8 Å². The van der Waals surface area contributed by atoms with Gasteiger partial charge in [0.05, 0.1) is 12.7 Å². The lowest BCUT2D eigenvalue weighted by Crippen LogP contribution is -2.24. The predicted octanol–water partition coefficient (Wildman–Crippen LogP) is 1.60. The Labute approximate surface area is 172 Å². The fourth-order valence-corrected chi connectivity index (χ4v) is 3.72. The van der Waals surface area contributed by atoms with Gasteiger partial charge in [0.2, 0.25) is 0 Å². The SMILES string of the molecule is Nc1ncnc2c1nc(C#Cc1ccc3ccccc3c1)n2[C@H]1C[C@H](O)[C@@H](CO)O1. The normalized spacial score (nSPS) is 21.1. The first-order valence-electron chi connectivity index (χ1n) is 9.57. The van der Waals surface area contributed by atoms with Gasteiger partial charge in [-0.15, -0.1) is 0 Å². The fraction of sp³-hybridized carbons (Fsp3) is 0.227. The highest BCUT2D eigenvalue weighted by Gasteiger charge is 2.36. The lowest BCUT2D eigenvalue weighted by Gasteiger charge is -2.14. The standard InChI is InChI=1S/C22H19N5O3/c23-21-20-22(25-12-24-21)27(19-10-16(29)17(11-28)30-19)18(26-20)8-6-13-5-7-14-3-1-2-4-15(14)9-13/h1-5,7,9,12,16-17,19,28-29H,10-11H2,(H2,23,24,25)/t16-,17+,19+/m0/s1. The number of aromatic nitrogens is 4. The van der Waals surface area contributed by atoms with E-state index in [4.69, 9.17) is 10.5 Å². The van der Waals surface area contributed by atoms with Crippen molar-refractivity contribution in [2.45, 2.75) is 24.9 Å². The van der Waals surface area contributed by atoms with Gasteiger partial charge in [-0.2, -0.15) is 0 Å². The second kappa shape index (κ2) is 7.39. The molecule has 30 heavy (non-hydrogen) atoms. The Kier molecular flexibility index (Phi) is 4.56. The van der Waals surface area contributed by atoms with E-state index in [0.29, 0.717) is 17.0 Å². The van der Waals surface area contributed by atoms with Crippen LogP contribution in [0.1, 0.15) is 24.0 Å². The van der Waals surface area contributed by atoms with Crippen LogP contribution in [0, 0.1) is 11.8 Å². The van der Waals surface area contributed by atoms with E-state index in [9.17, 15) is 10.2 Å². The summed E-state index contributed by atoms with van der Waals surface area (Å²) in [6.07, 6.45) is -0.403. The van der Waals surface area contributed by atoms with E-state index in [1.807, 2.05) is 42.5 Å². The van der Waals surface area contributed by atoms with Crippen LogP contribution in [-0.4, -0.2) is 48.5 Å². The number of fused-ring (bicyclic) bond motifs is 2. The third kappa shape index (κ3) is 3.15. The number of nitrogens with zero attached hydrogens (tertiary/aromatic N) is 4. The molecule has 1 saturated heterocycles. The van der Waals surface area contributed by atoms with Crippen LogP contribution in [0.4, 0.5) is 5.82 Å². The Bertz CT molecular complexity index is 1310. The van der Waals surface area contributed by atoms with E-state index in [2.05, 4.69) is 26.8 Å². The summed E-state index contributed by atoms with van der Waals surface area (Å²) < 4.78 is 7.53. The van der Waals surface area contributed by atoms with E-state index in [1.165, 1.54) is 6.33 Å². The second-order valence-electron chi connectivity index (χ2n) is 7.16. The molecule has 8 heteroatoms. The Morgan fingerprint density at radius 2 is 1.97 bits per heavy atom. The van der Waals surface area contributed by atoms with Crippen LogP contribution in [0.3, 0.4) is 0 Å². The minimum Gasteiger partial charge on any atom is -0.394 e. The molecule has 3 heterocycles. The molecule has 0 spiro atoms. The molecule has 0 amide bonds. The molecule has 4 aromatic rings. The summed E-state index contributed by atoms with van der Waals surface area (Å²) in [7, 11) is 0. The summed E-state index contributed by atoms with van der Waals surface area (Å²) in [5.41, 5.74) is 7.72. The van der Waals surface area contributed by atoms with Gasteiger partial charge < -0.3 is 20.7 Å². The van der Waals surface area contributed by atoms with Gasteiger partial charge in [0.15, 0.2) is 22.8 Å². The molecule has 3 atom stereocenters. The Balaban J connectivity index is 1.60. The number of nitrogen functional groups attached to an aromatic ring is 1. The van der Waals surface area contributed by atoms with Gasteiger partial charge in [0, 0.05) is 12.0 Å². The van der Waals surface area contributed by atoms with Crippen LogP contribution in [0.15, 0.2) is 48.8 Å². The number of anilines is 1. The highest BCUT2D eigenvalue weighted by molar-refractivity contribution is 5.84. The minimum absolute atomic E-state index is 0.241. The third-order valence-corrected chi connectivity index (χ3v) is 5.25. The predicted molar refractivity (Wildman–Crippen MR) is 111 cm³/mol. The van der Waals surface area contributed by atoms with Gasteiger partial charge >= 0.3 is 0 Å². The van der Waals surface area contributed by atoms with Crippen LogP contribution in [0.5, 0.6) is 0 Å². The Morgan fingerprint density at radius 3 is 2.77 bits per heavy atom. The molecular formula is C22H19N5O3. The molecule has 1 aliphatic rings. The molecule has 2 aromatic carbocycles. The first kappa shape index (κ1) is 18.5.